The Morgan fingerprint density at radius 1 is 0.952 bits per heavy atom. The monoisotopic (exact) mass is 286 g/mol. The normalized spacial score (nSPS) is 17.8. The van der Waals surface area contributed by atoms with E-state index in [0.717, 1.165) is 11.8 Å². The fourth-order valence-electron chi connectivity index (χ4n) is 3.45. The van der Waals surface area contributed by atoms with Crippen LogP contribution in [-0.4, -0.2) is 6.71 Å². The summed E-state index contributed by atoms with van der Waals surface area (Å²) in [5.41, 5.74) is 3.24. The predicted molar refractivity (Wildman–Crippen MR) is 99.0 cm³/mol. The zero-order valence-electron chi connectivity index (χ0n) is 15.4. The van der Waals surface area contributed by atoms with Crippen molar-refractivity contribution in [1.82, 2.24) is 0 Å². The molecule has 1 heteroatoms. The summed E-state index contributed by atoms with van der Waals surface area (Å²) in [7, 11) is 0. The van der Waals surface area contributed by atoms with Crippen LogP contribution in [0.3, 0.4) is 0 Å². The third kappa shape index (κ3) is 6.72. The number of hydrogen-bond donors (Lipinski definition) is 0. The van der Waals surface area contributed by atoms with E-state index in [-0.39, 0.29) is 5.41 Å². The molecule has 0 spiro atoms. The van der Waals surface area contributed by atoms with Gasteiger partial charge < -0.3 is 0 Å². The van der Waals surface area contributed by atoms with Gasteiger partial charge in [0.2, 0.25) is 0 Å². The molecule has 0 aromatic carbocycles. The van der Waals surface area contributed by atoms with Crippen LogP contribution in [0.2, 0.25) is 12.6 Å². The largest absolute Gasteiger partial charge is 0.175 e. The molecule has 0 amide bonds. The Bertz CT molecular complexity index is 398. The Morgan fingerprint density at radius 3 is 2.00 bits per heavy atom. The molecule has 0 saturated heterocycles. The lowest BCUT2D eigenvalue weighted by atomic mass is 9.37. The van der Waals surface area contributed by atoms with Crippen LogP contribution < -0.4 is 0 Å². The first kappa shape index (κ1) is 18.3. The van der Waals surface area contributed by atoms with Gasteiger partial charge in [0.15, 0.2) is 6.71 Å². The van der Waals surface area contributed by atoms with Crippen LogP contribution in [0.1, 0.15) is 61.3 Å². The van der Waals surface area contributed by atoms with E-state index in [4.69, 9.17) is 0 Å². The highest BCUT2D eigenvalue weighted by Gasteiger charge is 2.24. The molecule has 0 aromatic rings. The van der Waals surface area contributed by atoms with Gasteiger partial charge in [-0.3, -0.25) is 0 Å². The summed E-state index contributed by atoms with van der Waals surface area (Å²) >= 11 is 0. The van der Waals surface area contributed by atoms with Crippen molar-refractivity contribution >= 4 is 6.71 Å². The van der Waals surface area contributed by atoms with Crippen molar-refractivity contribution in [3.8, 4) is 0 Å². The van der Waals surface area contributed by atoms with Crippen molar-refractivity contribution in [2.75, 3.05) is 0 Å². The highest BCUT2D eigenvalue weighted by atomic mass is 14.2. The first-order chi connectivity index (χ1) is 9.73. The molecule has 1 rings (SSSR count). The summed E-state index contributed by atoms with van der Waals surface area (Å²) in [5.74, 6) is 1.52. The van der Waals surface area contributed by atoms with Gasteiger partial charge in [-0.2, -0.15) is 0 Å². The Kier molecular flexibility index (Phi) is 7.04. The molecule has 21 heavy (non-hydrogen) atoms. The smallest absolute Gasteiger partial charge is 0.0831 e. The van der Waals surface area contributed by atoms with E-state index in [2.05, 4.69) is 72.8 Å². The van der Waals surface area contributed by atoms with Crippen molar-refractivity contribution in [1.29, 1.82) is 0 Å². The fraction of sp³-hybridized carbons (Fsp3) is 0.700. The van der Waals surface area contributed by atoms with Gasteiger partial charge in [0, 0.05) is 5.41 Å². The van der Waals surface area contributed by atoms with Crippen molar-refractivity contribution < 1.29 is 0 Å². The maximum absolute atomic E-state index is 2.52. The van der Waals surface area contributed by atoms with Gasteiger partial charge in [0.1, 0.15) is 0 Å². The van der Waals surface area contributed by atoms with E-state index in [1.807, 2.05) is 0 Å². The second kappa shape index (κ2) is 8.06. The average molecular weight is 286 g/mol. The van der Waals surface area contributed by atoms with E-state index >= 15 is 0 Å². The van der Waals surface area contributed by atoms with Crippen LogP contribution in [0, 0.1) is 17.3 Å². The summed E-state index contributed by atoms with van der Waals surface area (Å²) in [5, 5.41) is 0. The topological polar surface area (TPSA) is 0 Å². The number of rotatable bonds is 7. The van der Waals surface area contributed by atoms with Gasteiger partial charge in [0.05, 0.1) is 0 Å². The van der Waals surface area contributed by atoms with Crippen molar-refractivity contribution in [3.63, 3.8) is 0 Å². The highest BCUT2D eigenvalue weighted by molar-refractivity contribution is 6.67. The minimum atomic E-state index is 0.176. The minimum Gasteiger partial charge on any atom is -0.0831 e. The maximum atomic E-state index is 2.52. The lowest BCUT2D eigenvalue weighted by Gasteiger charge is -2.23. The van der Waals surface area contributed by atoms with Crippen molar-refractivity contribution in [2.45, 2.75) is 73.9 Å². The number of allylic oxidation sites excluding steroid dienone is 6. The van der Waals surface area contributed by atoms with Crippen LogP contribution in [0.15, 0.2) is 35.3 Å². The molecule has 0 bridgehead atoms. The summed E-state index contributed by atoms with van der Waals surface area (Å²) in [6.07, 6.45) is 14.8. The molecule has 0 radical (unpaired) electrons. The van der Waals surface area contributed by atoms with Crippen molar-refractivity contribution in [2.24, 2.45) is 17.3 Å². The molecule has 0 fully saturated rings. The Morgan fingerprint density at radius 2 is 1.52 bits per heavy atom. The first-order valence-electron chi connectivity index (χ1n) is 8.86. The van der Waals surface area contributed by atoms with Crippen molar-refractivity contribution in [3.05, 3.63) is 35.3 Å². The van der Waals surface area contributed by atoms with Crippen LogP contribution in [-0.2, 0) is 0 Å². The average Bonchev–Trinajstić information content (AvgIpc) is 2.46. The van der Waals surface area contributed by atoms with E-state index < -0.39 is 0 Å². The molecule has 0 aliphatic heterocycles. The van der Waals surface area contributed by atoms with Crippen LogP contribution in [0.4, 0.5) is 0 Å². The zero-order chi connectivity index (χ0) is 16.0. The SMILES string of the molecule is CCCC1=CC(C)(C)C=C(B(CC(C)C)CC(C)C)C=C1. The molecule has 1 aliphatic rings. The lowest BCUT2D eigenvalue weighted by molar-refractivity contribution is 0.617. The van der Waals surface area contributed by atoms with Gasteiger partial charge in [-0.15, -0.1) is 0 Å². The molecule has 0 nitrogen and oxygen atoms in total. The molecule has 1 aliphatic carbocycles. The van der Waals surface area contributed by atoms with Gasteiger partial charge in [0.25, 0.3) is 0 Å². The molecule has 0 N–H and O–H groups in total. The second-order valence-electron chi connectivity index (χ2n) is 8.22. The van der Waals surface area contributed by atoms with E-state index in [1.54, 1.807) is 5.47 Å². The molecule has 118 valence electrons. The predicted octanol–water partition coefficient (Wildman–Crippen LogP) is 6.58. The summed E-state index contributed by atoms with van der Waals surface area (Å²) < 4.78 is 0. The highest BCUT2D eigenvalue weighted by Crippen LogP contribution is 2.32. The Balaban J connectivity index is 3.02. The quantitative estimate of drug-likeness (QED) is 0.463. The van der Waals surface area contributed by atoms with Gasteiger partial charge in [-0.05, 0) is 6.42 Å². The molecule has 0 heterocycles. The zero-order valence-corrected chi connectivity index (χ0v) is 15.4. The van der Waals surface area contributed by atoms with Crippen LogP contribution >= 0.6 is 0 Å². The van der Waals surface area contributed by atoms with E-state index in [1.165, 1.54) is 31.1 Å². The summed E-state index contributed by atoms with van der Waals surface area (Å²) in [6.45, 7) is 17.0. The molecule has 0 aromatic heterocycles. The molecular weight excluding hydrogens is 251 g/mol. The van der Waals surface area contributed by atoms with Gasteiger partial charge in [-0.1, -0.05) is 115 Å². The number of hydrogen-bond acceptors (Lipinski definition) is 0. The first-order valence-corrected chi connectivity index (χ1v) is 8.86. The minimum absolute atomic E-state index is 0.176. The third-order valence-electron chi connectivity index (χ3n) is 4.11. The summed E-state index contributed by atoms with van der Waals surface area (Å²) in [4.78, 5) is 0. The van der Waals surface area contributed by atoms with E-state index in [0.29, 0.717) is 6.71 Å². The Labute approximate surface area is 133 Å². The van der Waals surface area contributed by atoms with Crippen LogP contribution in [0.25, 0.3) is 0 Å². The maximum Gasteiger partial charge on any atom is 0.175 e. The fourth-order valence-corrected chi connectivity index (χ4v) is 3.45. The molecule has 0 saturated carbocycles. The van der Waals surface area contributed by atoms with Gasteiger partial charge >= 0.3 is 0 Å². The molecule has 0 atom stereocenters. The second-order valence-corrected chi connectivity index (χ2v) is 8.22. The summed E-state index contributed by atoms with van der Waals surface area (Å²) in [6, 6.07) is 0. The van der Waals surface area contributed by atoms with Gasteiger partial charge in [-0.25, -0.2) is 0 Å². The lowest BCUT2D eigenvalue weighted by Crippen LogP contribution is -2.21. The molecular formula is C20H35B. The van der Waals surface area contributed by atoms with E-state index in [9.17, 15) is 0 Å². The standard InChI is InChI=1S/C20H35B/c1-8-9-18-10-11-19(13-20(6,7)12-18)21(14-16(2)3)15-17(4)5/h10-13,16-17H,8-9,14-15H2,1-7H3. The van der Waals surface area contributed by atoms with Crippen LogP contribution in [0.5, 0.6) is 0 Å². The Hall–Kier alpha value is -0.715. The third-order valence-corrected chi connectivity index (χ3v) is 4.11. The molecule has 0 unspecified atom stereocenters.